The molecule has 1 saturated heterocycles. The molecule has 0 radical (unpaired) electrons. The number of hydrogen-bond acceptors (Lipinski definition) is 7. The third-order valence-corrected chi connectivity index (χ3v) is 3.94. The number of amides is 2. The zero-order chi connectivity index (χ0) is 17.5. The van der Waals surface area contributed by atoms with Gasteiger partial charge in [-0.25, -0.2) is 0 Å². The molecule has 1 fully saturated rings. The van der Waals surface area contributed by atoms with Crippen LogP contribution in [-0.2, 0) is 14.4 Å². The third-order valence-electron chi connectivity index (χ3n) is 2.87. The number of amidine groups is 1. The number of benzene rings is 1. The highest BCUT2D eigenvalue weighted by Gasteiger charge is 2.32. The van der Waals surface area contributed by atoms with Crippen molar-refractivity contribution >= 4 is 40.9 Å². The fourth-order valence-electron chi connectivity index (χ4n) is 1.74. The summed E-state index contributed by atoms with van der Waals surface area (Å²) >= 11 is 1.03. The van der Waals surface area contributed by atoms with E-state index in [2.05, 4.69) is 20.8 Å². The standard InChI is InChI=1S/C14H14N4O5S/c19-9-4-2-1-3-8(9)6-16-18-14-17-13(23)10(24-14)5-11(20)15-7-12(21)22/h1-4,6,10,19H,5,7H2,(H,15,20)(H,21,22)(H,17,18,23)/b16-6+/t10-/m1/s1. The van der Waals surface area contributed by atoms with E-state index in [1.54, 1.807) is 18.2 Å². The van der Waals surface area contributed by atoms with Crippen LogP contribution in [0.1, 0.15) is 12.0 Å². The lowest BCUT2D eigenvalue weighted by Crippen LogP contribution is -2.33. The average molecular weight is 350 g/mol. The van der Waals surface area contributed by atoms with Crippen molar-refractivity contribution in [1.82, 2.24) is 10.6 Å². The Labute approximate surface area is 140 Å². The number of carbonyl (C=O) groups is 3. The number of phenolic OH excluding ortho intramolecular Hbond substituents is 1. The van der Waals surface area contributed by atoms with E-state index < -0.39 is 29.6 Å². The molecule has 0 aromatic heterocycles. The van der Waals surface area contributed by atoms with E-state index >= 15 is 0 Å². The first-order valence-electron chi connectivity index (χ1n) is 6.80. The molecule has 0 aliphatic carbocycles. The number of aromatic hydroxyl groups is 1. The van der Waals surface area contributed by atoms with Gasteiger partial charge in [0.15, 0.2) is 5.17 Å². The molecule has 2 amide bonds. The fourth-order valence-corrected chi connectivity index (χ4v) is 2.67. The molecule has 10 heteroatoms. The fraction of sp³-hybridized carbons (Fsp3) is 0.214. The Hall–Kier alpha value is -2.88. The van der Waals surface area contributed by atoms with Gasteiger partial charge in [0.05, 0.1) is 6.21 Å². The zero-order valence-corrected chi connectivity index (χ0v) is 13.1. The molecule has 1 heterocycles. The summed E-state index contributed by atoms with van der Waals surface area (Å²) in [6.45, 7) is -0.496. The molecule has 4 N–H and O–H groups in total. The minimum Gasteiger partial charge on any atom is -0.507 e. The van der Waals surface area contributed by atoms with E-state index in [0.29, 0.717) is 5.56 Å². The predicted molar refractivity (Wildman–Crippen MR) is 87.9 cm³/mol. The van der Waals surface area contributed by atoms with Gasteiger partial charge >= 0.3 is 5.97 Å². The van der Waals surface area contributed by atoms with Gasteiger partial charge in [0.1, 0.15) is 17.5 Å². The van der Waals surface area contributed by atoms with Crippen molar-refractivity contribution < 1.29 is 24.6 Å². The minimum atomic E-state index is -1.16. The Morgan fingerprint density at radius 1 is 1.38 bits per heavy atom. The summed E-state index contributed by atoms with van der Waals surface area (Å²) in [5.41, 5.74) is 0.473. The van der Waals surface area contributed by atoms with E-state index in [-0.39, 0.29) is 17.3 Å². The zero-order valence-electron chi connectivity index (χ0n) is 12.3. The lowest BCUT2D eigenvalue weighted by atomic mass is 10.2. The molecular formula is C14H14N4O5S. The number of thioether (sulfide) groups is 1. The maximum atomic E-state index is 11.7. The first kappa shape index (κ1) is 17.5. The Bertz CT molecular complexity index is 719. The first-order valence-corrected chi connectivity index (χ1v) is 7.68. The van der Waals surface area contributed by atoms with Crippen LogP contribution in [0.3, 0.4) is 0 Å². The van der Waals surface area contributed by atoms with Crippen LogP contribution in [0.4, 0.5) is 0 Å². The second-order valence-electron chi connectivity index (χ2n) is 4.68. The van der Waals surface area contributed by atoms with Crippen LogP contribution in [-0.4, -0.2) is 51.2 Å². The van der Waals surface area contributed by atoms with Crippen molar-refractivity contribution in [3.05, 3.63) is 29.8 Å². The van der Waals surface area contributed by atoms with Crippen molar-refractivity contribution in [3.8, 4) is 5.75 Å². The van der Waals surface area contributed by atoms with Gasteiger partial charge in [-0.15, -0.1) is 5.10 Å². The average Bonchev–Trinajstić information content (AvgIpc) is 2.87. The van der Waals surface area contributed by atoms with E-state index in [0.717, 1.165) is 11.8 Å². The molecule has 1 aliphatic rings. The number of carboxylic acids is 1. The van der Waals surface area contributed by atoms with Gasteiger partial charge in [0.25, 0.3) is 0 Å². The number of para-hydroxylation sites is 1. The molecule has 2 rings (SSSR count). The maximum absolute atomic E-state index is 11.7. The molecule has 24 heavy (non-hydrogen) atoms. The molecule has 0 bridgehead atoms. The van der Waals surface area contributed by atoms with Crippen molar-refractivity contribution in [3.63, 3.8) is 0 Å². The monoisotopic (exact) mass is 350 g/mol. The van der Waals surface area contributed by atoms with Gasteiger partial charge in [-0.05, 0) is 12.1 Å². The third kappa shape index (κ3) is 5.09. The van der Waals surface area contributed by atoms with Gasteiger partial charge in [-0.1, -0.05) is 23.9 Å². The lowest BCUT2D eigenvalue weighted by Gasteiger charge is -2.04. The number of phenols is 1. The van der Waals surface area contributed by atoms with Crippen LogP contribution in [0.5, 0.6) is 5.75 Å². The van der Waals surface area contributed by atoms with Crippen molar-refractivity contribution in [1.29, 1.82) is 0 Å². The molecule has 0 unspecified atom stereocenters. The molecule has 1 aromatic rings. The number of carboxylic acid groups (broad SMARTS) is 1. The summed E-state index contributed by atoms with van der Waals surface area (Å²) in [4.78, 5) is 33.6. The van der Waals surface area contributed by atoms with Crippen LogP contribution in [0.15, 0.2) is 34.5 Å². The quantitative estimate of drug-likeness (QED) is 0.417. The molecule has 0 saturated carbocycles. The summed E-state index contributed by atoms with van der Waals surface area (Å²) in [6.07, 6.45) is 1.17. The second-order valence-corrected chi connectivity index (χ2v) is 5.87. The maximum Gasteiger partial charge on any atom is 0.322 e. The number of aliphatic carboxylic acids is 1. The minimum absolute atomic E-state index is 0.0533. The van der Waals surface area contributed by atoms with Crippen LogP contribution in [0, 0.1) is 0 Å². The normalized spacial score (nSPS) is 18.8. The van der Waals surface area contributed by atoms with Gasteiger partial charge in [-0.2, -0.15) is 5.10 Å². The van der Waals surface area contributed by atoms with Crippen LogP contribution >= 0.6 is 11.8 Å². The summed E-state index contributed by atoms with van der Waals surface area (Å²) in [5.74, 6) is -2.05. The van der Waals surface area contributed by atoms with E-state index in [9.17, 15) is 19.5 Å². The lowest BCUT2D eigenvalue weighted by molar-refractivity contribution is -0.137. The molecule has 9 nitrogen and oxygen atoms in total. The Morgan fingerprint density at radius 3 is 2.83 bits per heavy atom. The molecule has 1 aromatic carbocycles. The first-order chi connectivity index (χ1) is 11.5. The number of nitrogens with zero attached hydrogens (tertiary/aromatic N) is 2. The molecule has 1 atom stereocenters. The highest BCUT2D eigenvalue weighted by atomic mass is 32.2. The van der Waals surface area contributed by atoms with Gasteiger partial charge in [-0.3, -0.25) is 14.4 Å². The van der Waals surface area contributed by atoms with Crippen LogP contribution < -0.4 is 10.6 Å². The Balaban J connectivity index is 1.90. The molecular weight excluding hydrogens is 336 g/mol. The number of nitrogens with one attached hydrogen (secondary N) is 2. The van der Waals surface area contributed by atoms with E-state index in [1.807, 2.05) is 0 Å². The molecule has 1 aliphatic heterocycles. The van der Waals surface area contributed by atoms with Crippen LogP contribution in [0.2, 0.25) is 0 Å². The SMILES string of the molecule is O=C(O)CNC(=O)C[C@H]1S/C(=N\N=C\c2ccccc2O)NC1=O. The van der Waals surface area contributed by atoms with Crippen molar-refractivity contribution in [2.45, 2.75) is 11.7 Å². The van der Waals surface area contributed by atoms with Gasteiger partial charge in [0.2, 0.25) is 11.8 Å². The summed E-state index contributed by atoms with van der Waals surface area (Å²) in [5, 5.41) is 29.8. The summed E-state index contributed by atoms with van der Waals surface area (Å²) < 4.78 is 0. The van der Waals surface area contributed by atoms with Crippen LogP contribution in [0.25, 0.3) is 0 Å². The number of hydrogen-bond donors (Lipinski definition) is 4. The van der Waals surface area contributed by atoms with Crippen molar-refractivity contribution in [2.24, 2.45) is 10.2 Å². The Kier molecular flexibility index (Phi) is 5.90. The number of carbonyl (C=O) groups excluding carboxylic acids is 2. The number of rotatable bonds is 6. The van der Waals surface area contributed by atoms with Gasteiger partial charge in [0, 0.05) is 12.0 Å². The van der Waals surface area contributed by atoms with E-state index in [4.69, 9.17) is 5.11 Å². The molecule has 0 spiro atoms. The Morgan fingerprint density at radius 2 is 2.12 bits per heavy atom. The smallest absolute Gasteiger partial charge is 0.322 e. The van der Waals surface area contributed by atoms with Gasteiger partial charge < -0.3 is 20.8 Å². The predicted octanol–water partition coefficient (Wildman–Crippen LogP) is -0.0954. The highest BCUT2D eigenvalue weighted by molar-refractivity contribution is 8.15. The topological polar surface area (TPSA) is 140 Å². The molecule has 126 valence electrons. The largest absolute Gasteiger partial charge is 0.507 e. The summed E-state index contributed by atoms with van der Waals surface area (Å²) in [7, 11) is 0. The summed E-state index contributed by atoms with van der Waals surface area (Å²) in [6, 6.07) is 6.55. The highest BCUT2D eigenvalue weighted by Crippen LogP contribution is 2.22. The second kappa shape index (κ2) is 8.11. The van der Waals surface area contributed by atoms with Crippen molar-refractivity contribution in [2.75, 3.05) is 6.54 Å². The van der Waals surface area contributed by atoms with E-state index in [1.165, 1.54) is 12.3 Å².